The van der Waals surface area contributed by atoms with Gasteiger partial charge in [0.05, 0.1) is 13.5 Å². The molecule has 0 aromatic carbocycles. The van der Waals surface area contributed by atoms with E-state index in [2.05, 4.69) is 10.1 Å². The second kappa shape index (κ2) is 5.00. The van der Waals surface area contributed by atoms with Gasteiger partial charge in [0.15, 0.2) is 0 Å². The molecule has 2 heterocycles. The summed E-state index contributed by atoms with van der Waals surface area (Å²) in [5, 5.41) is 6.33. The van der Waals surface area contributed by atoms with Crippen molar-refractivity contribution in [1.29, 1.82) is 0 Å². The van der Waals surface area contributed by atoms with Crippen LogP contribution in [0.5, 0.6) is 0 Å². The number of carbonyl (C=O) groups is 3. The first-order valence-corrected chi connectivity index (χ1v) is 6.67. The van der Waals surface area contributed by atoms with Crippen LogP contribution in [-0.4, -0.2) is 36.5 Å². The van der Waals surface area contributed by atoms with Crippen LogP contribution in [0.2, 0.25) is 0 Å². The molecular formula is C12H14N2O4S. The molecular weight excluding hydrogens is 268 g/mol. The van der Waals surface area contributed by atoms with Gasteiger partial charge in [-0.2, -0.15) is 11.3 Å². The summed E-state index contributed by atoms with van der Waals surface area (Å²) in [6.45, 7) is 1.69. The molecule has 19 heavy (non-hydrogen) atoms. The van der Waals surface area contributed by atoms with E-state index in [-0.39, 0.29) is 18.9 Å². The van der Waals surface area contributed by atoms with Gasteiger partial charge in [-0.1, -0.05) is 0 Å². The van der Waals surface area contributed by atoms with Gasteiger partial charge in [0.25, 0.3) is 5.91 Å². The predicted octanol–water partition coefficient (Wildman–Crippen LogP) is 1.08. The van der Waals surface area contributed by atoms with Crippen LogP contribution in [-0.2, 0) is 19.9 Å². The van der Waals surface area contributed by atoms with Gasteiger partial charge in [-0.25, -0.2) is 4.79 Å². The lowest BCUT2D eigenvalue weighted by Gasteiger charge is -2.20. The number of nitrogens with one attached hydrogen (secondary N) is 1. The SMILES string of the molecule is COC(=O)CCN1C(=O)N[C@@](C)(c2ccsc2)C1=O. The van der Waals surface area contributed by atoms with E-state index in [1.54, 1.807) is 13.0 Å². The van der Waals surface area contributed by atoms with E-state index in [0.717, 1.165) is 10.5 Å². The van der Waals surface area contributed by atoms with Crippen molar-refractivity contribution < 1.29 is 19.1 Å². The van der Waals surface area contributed by atoms with E-state index >= 15 is 0 Å². The number of hydrogen-bond donors (Lipinski definition) is 1. The van der Waals surface area contributed by atoms with E-state index in [4.69, 9.17) is 0 Å². The minimum atomic E-state index is -1.05. The van der Waals surface area contributed by atoms with Crippen LogP contribution in [0.25, 0.3) is 0 Å². The molecule has 102 valence electrons. The zero-order valence-electron chi connectivity index (χ0n) is 10.6. The number of nitrogens with zero attached hydrogens (tertiary/aromatic N) is 1. The second-order valence-corrected chi connectivity index (χ2v) is 5.13. The molecule has 1 saturated heterocycles. The Morgan fingerprint density at radius 3 is 2.84 bits per heavy atom. The molecule has 1 atom stereocenters. The minimum absolute atomic E-state index is 0.00459. The lowest BCUT2D eigenvalue weighted by molar-refractivity contribution is -0.141. The number of hydrogen-bond acceptors (Lipinski definition) is 5. The Balaban J connectivity index is 2.15. The summed E-state index contributed by atoms with van der Waals surface area (Å²) < 4.78 is 4.50. The zero-order valence-corrected chi connectivity index (χ0v) is 11.5. The van der Waals surface area contributed by atoms with Gasteiger partial charge in [0.1, 0.15) is 5.54 Å². The van der Waals surface area contributed by atoms with Crippen LogP contribution in [0.1, 0.15) is 18.9 Å². The molecule has 0 radical (unpaired) electrons. The van der Waals surface area contributed by atoms with Crippen molar-refractivity contribution in [3.05, 3.63) is 22.4 Å². The van der Waals surface area contributed by atoms with E-state index in [0.29, 0.717) is 0 Å². The third kappa shape index (κ3) is 2.33. The predicted molar refractivity (Wildman–Crippen MR) is 68.5 cm³/mol. The van der Waals surface area contributed by atoms with Gasteiger partial charge in [-0.15, -0.1) is 0 Å². The quantitative estimate of drug-likeness (QED) is 0.662. The Morgan fingerprint density at radius 2 is 2.26 bits per heavy atom. The number of esters is 1. The van der Waals surface area contributed by atoms with E-state index in [1.165, 1.54) is 18.4 Å². The van der Waals surface area contributed by atoms with Crippen molar-refractivity contribution in [1.82, 2.24) is 10.2 Å². The van der Waals surface area contributed by atoms with Crippen molar-refractivity contribution in [2.45, 2.75) is 18.9 Å². The number of urea groups is 1. The summed E-state index contributed by atoms with van der Waals surface area (Å²) in [6.07, 6.45) is -0.00459. The van der Waals surface area contributed by atoms with E-state index in [1.807, 2.05) is 10.8 Å². The normalized spacial score (nSPS) is 22.5. The second-order valence-electron chi connectivity index (χ2n) is 4.35. The van der Waals surface area contributed by atoms with Gasteiger partial charge in [-0.05, 0) is 29.3 Å². The molecule has 0 bridgehead atoms. The first kappa shape index (κ1) is 13.5. The first-order chi connectivity index (χ1) is 8.99. The van der Waals surface area contributed by atoms with Gasteiger partial charge in [0, 0.05) is 6.54 Å². The summed E-state index contributed by atoms with van der Waals surface area (Å²) in [6, 6.07) is 1.31. The number of ether oxygens (including phenoxy) is 1. The largest absolute Gasteiger partial charge is 0.469 e. The molecule has 7 heteroatoms. The smallest absolute Gasteiger partial charge is 0.325 e. The Morgan fingerprint density at radius 1 is 1.53 bits per heavy atom. The molecule has 1 aromatic heterocycles. The number of rotatable bonds is 4. The van der Waals surface area contributed by atoms with Crippen LogP contribution in [0, 0.1) is 0 Å². The number of methoxy groups -OCH3 is 1. The fourth-order valence-corrected chi connectivity index (χ4v) is 2.71. The van der Waals surface area contributed by atoms with Gasteiger partial charge in [-0.3, -0.25) is 14.5 Å². The Labute approximate surface area is 114 Å². The van der Waals surface area contributed by atoms with Crippen LogP contribution in [0.15, 0.2) is 16.8 Å². The average molecular weight is 282 g/mol. The third-order valence-corrected chi connectivity index (χ3v) is 3.82. The molecule has 0 aliphatic carbocycles. The van der Waals surface area contributed by atoms with Crippen LogP contribution in [0.4, 0.5) is 4.79 Å². The van der Waals surface area contributed by atoms with Crippen molar-refractivity contribution in [2.75, 3.05) is 13.7 Å². The molecule has 0 unspecified atom stereocenters. The highest BCUT2D eigenvalue weighted by Crippen LogP contribution is 2.30. The summed E-state index contributed by atoms with van der Waals surface area (Å²) in [5.74, 6) is -0.801. The zero-order chi connectivity index (χ0) is 14.0. The molecule has 1 N–H and O–H groups in total. The molecule has 1 aromatic rings. The molecule has 1 fully saturated rings. The Kier molecular flexibility index (Phi) is 3.57. The number of carbonyl (C=O) groups excluding carboxylic acids is 3. The van der Waals surface area contributed by atoms with Crippen LogP contribution in [0.3, 0.4) is 0 Å². The van der Waals surface area contributed by atoms with Gasteiger partial charge >= 0.3 is 12.0 Å². The van der Waals surface area contributed by atoms with Crippen molar-refractivity contribution >= 4 is 29.2 Å². The highest BCUT2D eigenvalue weighted by Gasteiger charge is 2.49. The topological polar surface area (TPSA) is 75.7 Å². The summed E-state index contributed by atoms with van der Waals surface area (Å²) in [5.41, 5.74) is -0.302. The van der Waals surface area contributed by atoms with Gasteiger partial charge in [0.2, 0.25) is 0 Å². The van der Waals surface area contributed by atoms with Crippen LogP contribution < -0.4 is 5.32 Å². The van der Waals surface area contributed by atoms with Gasteiger partial charge < -0.3 is 10.1 Å². The molecule has 0 spiro atoms. The third-order valence-electron chi connectivity index (χ3n) is 3.14. The maximum absolute atomic E-state index is 12.3. The molecule has 1 aliphatic rings. The fraction of sp³-hybridized carbons (Fsp3) is 0.417. The molecule has 1 aliphatic heterocycles. The number of amides is 3. The standard InChI is InChI=1S/C12H14N2O4S/c1-12(8-4-6-19-7-8)10(16)14(11(17)13-12)5-3-9(15)18-2/h4,6-7H,3,5H2,1-2H3,(H,13,17)/t12-/m0/s1. The van der Waals surface area contributed by atoms with Crippen LogP contribution >= 0.6 is 11.3 Å². The number of thiophene rings is 1. The Bertz CT molecular complexity index is 514. The Hall–Kier alpha value is -1.89. The summed E-state index contributed by atoms with van der Waals surface area (Å²) in [4.78, 5) is 36.3. The highest BCUT2D eigenvalue weighted by atomic mass is 32.1. The maximum atomic E-state index is 12.3. The number of imide groups is 1. The highest BCUT2D eigenvalue weighted by molar-refractivity contribution is 7.08. The molecule has 3 amide bonds. The maximum Gasteiger partial charge on any atom is 0.325 e. The molecule has 0 saturated carbocycles. The fourth-order valence-electron chi connectivity index (χ4n) is 1.95. The monoisotopic (exact) mass is 282 g/mol. The first-order valence-electron chi connectivity index (χ1n) is 5.72. The molecule has 2 rings (SSSR count). The van der Waals surface area contributed by atoms with E-state index < -0.39 is 17.5 Å². The lowest BCUT2D eigenvalue weighted by Crippen LogP contribution is -2.40. The van der Waals surface area contributed by atoms with E-state index in [9.17, 15) is 14.4 Å². The van der Waals surface area contributed by atoms with Crippen molar-refractivity contribution in [3.63, 3.8) is 0 Å². The summed E-state index contributed by atoms with van der Waals surface area (Å²) >= 11 is 1.46. The molecule has 6 nitrogen and oxygen atoms in total. The van der Waals surface area contributed by atoms with Crippen molar-refractivity contribution in [3.8, 4) is 0 Å². The van der Waals surface area contributed by atoms with Crippen molar-refractivity contribution in [2.24, 2.45) is 0 Å². The minimum Gasteiger partial charge on any atom is -0.469 e. The lowest BCUT2D eigenvalue weighted by atomic mass is 9.95. The average Bonchev–Trinajstić information content (AvgIpc) is 2.98. The summed E-state index contributed by atoms with van der Waals surface area (Å²) in [7, 11) is 1.27.